The van der Waals surface area contributed by atoms with E-state index >= 15 is 0 Å². The first-order valence-corrected chi connectivity index (χ1v) is 7.71. The molecule has 1 aliphatic heterocycles. The second kappa shape index (κ2) is 7.00. The van der Waals surface area contributed by atoms with Crippen LogP contribution in [0.15, 0.2) is 28.9 Å². The van der Waals surface area contributed by atoms with Gasteiger partial charge in [0.05, 0.1) is 12.2 Å². The molecule has 24 heavy (non-hydrogen) atoms. The number of anilines is 1. The lowest BCUT2D eigenvalue weighted by Crippen LogP contribution is -2.49. The number of carbonyl (C=O) groups is 1. The summed E-state index contributed by atoms with van der Waals surface area (Å²) in [5, 5.41) is 9.32. The van der Waals surface area contributed by atoms with Gasteiger partial charge >= 0.3 is 6.09 Å². The maximum absolute atomic E-state index is 11.7. The Kier molecular flexibility index (Phi) is 4.61. The Morgan fingerprint density at radius 2 is 2.21 bits per heavy atom. The number of amides is 1. The van der Waals surface area contributed by atoms with E-state index in [1.165, 1.54) is 0 Å². The number of carbonyl (C=O) groups excluding carboxylic acids is 1. The molecule has 0 unspecified atom stereocenters. The quantitative estimate of drug-likeness (QED) is 0.849. The zero-order valence-electron chi connectivity index (χ0n) is 13.3. The molecule has 2 aromatic rings. The van der Waals surface area contributed by atoms with Crippen molar-refractivity contribution in [2.75, 3.05) is 37.7 Å². The van der Waals surface area contributed by atoms with Crippen LogP contribution in [-0.2, 0) is 4.74 Å². The molecule has 0 saturated carbocycles. The Labute approximate surface area is 139 Å². The van der Waals surface area contributed by atoms with Gasteiger partial charge in [0.2, 0.25) is 17.5 Å². The van der Waals surface area contributed by atoms with Crippen LogP contribution in [-0.4, -0.2) is 53.7 Å². The summed E-state index contributed by atoms with van der Waals surface area (Å²) in [5.41, 5.74) is 0.948. The summed E-state index contributed by atoms with van der Waals surface area (Å²) in [4.78, 5) is 23.6. The topological polar surface area (TPSA) is 95.5 Å². The molecule has 1 amide bonds. The summed E-state index contributed by atoms with van der Waals surface area (Å²) in [6.07, 6.45) is 2.98. The van der Waals surface area contributed by atoms with Gasteiger partial charge in [-0.25, -0.2) is 4.79 Å². The van der Waals surface area contributed by atoms with Crippen LogP contribution in [0, 0.1) is 11.3 Å². The standard InChI is InChI=1S/C16H17N5O3/c1-2-23-16(22)21-8-6-20(7-9-21)15-13(10-17)19-14(24-15)12-4-3-5-18-11-12/h3-5,11H,2,6-9H2,1H3. The molecule has 8 heteroatoms. The van der Waals surface area contributed by atoms with Gasteiger partial charge in [-0.05, 0) is 19.1 Å². The number of hydrogen-bond acceptors (Lipinski definition) is 7. The number of oxazole rings is 1. The molecule has 0 radical (unpaired) electrons. The third-order valence-electron chi connectivity index (χ3n) is 3.72. The van der Waals surface area contributed by atoms with Crippen LogP contribution < -0.4 is 4.90 Å². The van der Waals surface area contributed by atoms with Crippen molar-refractivity contribution in [2.45, 2.75) is 6.92 Å². The van der Waals surface area contributed by atoms with Gasteiger partial charge < -0.3 is 19.0 Å². The van der Waals surface area contributed by atoms with Gasteiger partial charge in [-0.15, -0.1) is 0 Å². The molecule has 0 atom stereocenters. The molecule has 0 N–H and O–H groups in total. The minimum Gasteiger partial charge on any atom is -0.450 e. The largest absolute Gasteiger partial charge is 0.450 e. The number of hydrogen-bond donors (Lipinski definition) is 0. The molecule has 0 bridgehead atoms. The highest BCUT2D eigenvalue weighted by atomic mass is 16.6. The molecule has 124 valence electrons. The predicted molar refractivity (Wildman–Crippen MR) is 85.3 cm³/mol. The number of nitrogens with zero attached hydrogens (tertiary/aromatic N) is 5. The van der Waals surface area contributed by atoms with Crippen molar-refractivity contribution in [3.05, 3.63) is 30.2 Å². The maximum Gasteiger partial charge on any atom is 0.409 e. The van der Waals surface area contributed by atoms with E-state index in [0.717, 1.165) is 0 Å². The van der Waals surface area contributed by atoms with Crippen molar-refractivity contribution < 1.29 is 13.9 Å². The second-order valence-corrected chi connectivity index (χ2v) is 5.20. The molecule has 3 heterocycles. The van der Waals surface area contributed by atoms with E-state index in [0.29, 0.717) is 50.1 Å². The molecular weight excluding hydrogens is 310 g/mol. The third kappa shape index (κ3) is 3.15. The van der Waals surface area contributed by atoms with E-state index in [-0.39, 0.29) is 11.8 Å². The Morgan fingerprint density at radius 3 is 2.83 bits per heavy atom. The van der Waals surface area contributed by atoms with Gasteiger partial charge in [-0.1, -0.05) is 0 Å². The summed E-state index contributed by atoms with van der Waals surface area (Å²) < 4.78 is 10.8. The van der Waals surface area contributed by atoms with E-state index in [2.05, 4.69) is 16.0 Å². The van der Waals surface area contributed by atoms with Crippen molar-refractivity contribution in [3.63, 3.8) is 0 Å². The SMILES string of the molecule is CCOC(=O)N1CCN(c2oc(-c3cccnc3)nc2C#N)CC1. The van der Waals surface area contributed by atoms with Crippen molar-refractivity contribution in [3.8, 4) is 17.5 Å². The van der Waals surface area contributed by atoms with Gasteiger partial charge in [0.25, 0.3) is 0 Å². The van der Waals surface area contributed by atoms with Crippen molar-refractivity contribution in [1.29, 1.82) is 5.26 Å². The molecule has 0 spiro atoms. The normalized spacial score (nSPS) is 14.3. The number of pyridine rings is 1. The average Bonchev–Trinajstić information content (AvgIpc) is 3.07. The molecule has 1 aliphatic rings. The van der Waals surface area contributed by atoms with E-state index in [1.807, 2.05) is 11.0 Å². The zero-order chi connectivity index (χ0) is 16.9. The van der Waals surface area contributed by atoms with Gasteiger partial charge in [0, 0.05) is 38.6 Å². The van der Waals surface area contributed by atoms with Gasteiger partial charge in [-0.3, -0.25) is 4.98 Å². The predicted octanol–water partition coefficient (Wildman–Crippen LogP) is 1.89. The second-order valence-electron chi connectivity index (χ2n) is 5.20. The fourth-order valence-electron chi connectivity index (χ4n) is 2.52. The Morgan fingerprint density at radius 1 is 1.42 bits per heavy atom. The highest BCUT2D eigenvalue weighted by Crippen LogP contribution is 2.28. The lowest BCUT2D eigenvalue weighted by Gasteiger charge is -2.33. The highest BCUT2D eigenvalue weighted by Gasteiger charge is 2.27. The van der Waals surface area contributed by atoms with Gasteiger partial charge in [0.1, 0.15) is 6.07 Å². The van der Waals surface area contributed by atoms with Crippen LogP contribution in [0.2, 0.25) is 0 Å². The van der Waals surface area contributed by atoms with Crippen molar-refractivity contribution in [2.24, 2.45) is 0 Å². The highest BCUT2D eigenvalue weighted by molar-refractivity contribution is 5.68. The average molecular weight is 327 g/mol. The summed E-state index contributed by atoms with van der Waals surface area (Å²) >= 11 is 0. The monoisotopic (exact) mass is 327 g/mol. The first-order valence-electron chi connectivity index (χ1n) is 7.71. The lowest BCUT2D eigenvalue weighted by atomic mass is 10.3. The Bertz CT molecular complexity index is 745. The first kappa shape index (κ1) is 15.8. The summed E-state index contributed by atoms with van der Waals surface area (Å²) in [5.74, 6) is 0.794. The van der Waals surface area contributed by atoms with E-state index < -0.39 is 0 Å². The number of ether oxygens (including phenoxy) is 1. The molecular formula is C16H17N5O3. The summed E-state index contributed by atoms with van der Waals surface area (Å²) in [7, 11) is 0. The number of aromatic nitrogens is 2. The maximum atomic E-state index is 11.7. The molecule has 3 rings (SSSR count). The van der Waals surface area contributed by atoms with E-state index in [1.54, 1.807) is 30.3 Å². The third-order valence-corrected chi connectivity index (χ3v) is 3.72. The van der Waals surface area contributed by atoms with Crippen LogP contribution in [0.1, 0.15) is 12.6 Å². The molecule has 1 saturated heterocycles. The molecule has 2 aromatic heterocycles. The van der Waals surface area contributed by atoms with Crippen molar-refractivity contribution >= 4 is 12.0 Å². The summed E-state index contributed by atoms with van der Waals surface area (Å²) in [6.45, 7) is 4.25. The fraction of sp³-hybridized carbons (Fsp3) is 0.375. The van der Waals surface area contributed by atoms with E-state index in [4.69, 9.17) is 9.15 Å². The minimum absolute atomic E-state index is 0.235. The van der Waals surface area contributed by atoms with Crippen LogP contribution in [0.25, 0.3) is 11.5 Å². The minimum atomic E-state index is -0.314. The fourth-order valence-corrected chi connectivity index (χ4v) is 2.52. The van der Waals surface area contributed by atoms with Crippen LogP contribution in [0.5, 0.6) is 0 Å². The van der Waals surface area contributed by atoms with Gasteiger partial charge in [0.15, 0.2) is 0 Å². The molecule has 0 aliphatic carbocycles. The first-order chi connectivity index (χ1) is 11.7. The number of piperazine rings is 1. The van der Waals surface area contributed by atoms with Gasteiger partial charge in [-0.2, -0.15) is 10.2 Å². The number of nitriles is 1. The molecule has 8 nitrogen and oxygen atoms in total. The Hall–Kier alpha value is -3.08. The number of rotatable bonds is 3. The smallest absolute Gasteiger partial charge is 0.409 e. The zero-order valence-corrected chi connectivity index (χ0v) is 13.3. The molecule has 0 aromatic carbocycles. The van der Waals surface area contributed by atoms with Crippen LogP contribution in [0.3, 0.4) is 0 Å². The van der Waals surface area contributed by atoms with Crippen molar-refractivity contribution in [1.82, 2.24) is 14.9 Å². The Balaban J connectivity index is 1.75. The molecule has 1 fully saturated rings. The lowest BCUT2D eigenvalue weighted by molar-refractivity contribution is 0.105. The van der Waals surface area contributed by atoms with E-state index in [9.17, 15) is 10.1 Å². The van der Waals surface area contributed by atoms with Crippen LogP contribution >= 0.6 is 0 Å². The van der Waals surface area contributed by atoms with Crippen LogP contribution in [0.4, 0.5) is 10.7 Å². The summed E-state index contributed by atoms with van der Waals surface area (Å²) in [6, 6.07) is 5.67.